The van der Waals surface area contributed by atoms with Crippen LogP contribution in [0.3, 0.4) is 0 Å². The van der Waals surface area contributed by atoms with E-state index in [4.69, 9.17) is 5.73 Å². The number of nitrogens with one attached hydrogen (secondary N) is 1. The third kappa shape index (κ3) is 4.45. The maximum Gasteiger partial charge on any atom is 0.235 e. The molecule has 0 radical (unpaired) electrons. The summed E-state index contributed by atoms with van der Waals surface area (Å²) in [6, 6.07) is 9.98. The van der Waals surface area contributed by atoms with E-state index in [0.717, 1.165) is 30.1 Å². The number of carbonyl (C=O) groups excluding carboxylic acids is 1. The molecule has 25 heavy (non-hydrogen) atoms. The maximum atomic E-state index is 12.7. The van der Waals surface area contributed by atoms with Gasteiger partial charge in [0.1, 0.15) is 11.0 Å². The van der Waals surface area contributed by atoms with Gasteiger partial charge in [-0.25, -0.2) is 4.98 Å². The van der Waals surface area contributed by atoms with Crippen molar-refractivity contribution >= 4 is 17.2 Å². The molecule has 1 fully saturated rings. The van der Waals surface area contributed by atoms with Gasteiger partial charge in [0.05, 0.1) is 6.54 Å². The molecule has 3 N–H and O–H groups in total. The number of benzene rings is 1. The fourth-order valence-electron chi connectivity index (χ4n) is 3.34. The van der Waals surface area contributed by atoms with Gasteiger partial charge in [0.2, 0.25) is 5.91 Å². The smallest absolute Gasteiger partial charge is 0.235 e. The average molecular weight is 359 g/mol. The summed E-state index contributed by atoms with van der Waals surface area (Å²) >= 11 is 1.56. The zero-order valence-corrected chi connectivity index (χ0v) is 15.6. The van der Waals surface area contributed by atoms with E-state index in [1.54, 1.807) is 17.5 Å². The molecule has 1 amide bonds. The summed E-state index contributed by atoms with van der Waals surface area (Å²) in [4.78, 5) is 19.3. The third-order valence-corrected chi connectivity index (χ3v) is 5.74. The SMILES string of the molecule is CC1(C)CN(CC(=O)NC(c2ccccc2)c2nccs2)CCC1N. The molecule has 1 saturated heterocycles. The first-order chi connectivity index (χ1) is 12.0. The normalized spacial score (nSPS) is 21.6. The van der Waals surface area contributed by atoms with E-state index in [1.807, 2.05) is 35.7 Å². The number of nitrogens with two attached hydrogens (primary N) is 1. The van der Waals surface area contributed by atoms with Gasteiger partial charge in [0.25, 0.3) is 0 Å². The maximum absolute atomic E-state index is 12.7. The highest BCUT2D eigenvalue weighted by molar-refractivity contribution is 7.09. The van der Waals surface area contributed by atoms with Crippen LogP contribution in [0.2, 0.25) is 0 Å². The molecule has 6 heteroatoms. The molecule has 2 heterocycles. The Hall–Kier alpha value is -1.76. The molecule has 2 unspecified atom stereocenters. The highest BCUT2D eigenvalue weighted by atomic mass is 32.1. The summed E-state index contributed by atoms with van der Waals surface area (Å²) in [5.74, 6) is 0.0234. The fraction of sp³-hybridized carbons (Fsp3) is 0.474. The minimum Gasteiger partial charge on any atom is -0.342 e. The number of carbonyl (C=O) groups is 1. The van der Waals surface area contributed by atoms with Crippen LogP contribution >= 0.6 is 11.3 Å². The highest BCUT2D eigenvalue weighted by Crippen LogP contribution is 2.28. The first-order valence-electron chi connectivity index (χ1n) is 8.67. The van der Waals surface area contributed by atoms with E-state index in [1.165, 1.54) is 0 Å². The van der Waals surface area contributed by atoms with Crippen molar-refractivity contribution in [1.29, 1.82) is 0 Å². The largest absolute Gasteiger partial charge is 0.342 e. The Labute approximate surface area is 153 Å². The van der Waals surface area contributed by atoms with Gasteiger partial charge in [-0.2, -0.15) is 0 Å². The van der Waals surface area contributed by atoms with Crippen molar-refractivity contribution in [2.24, 2.45) is 11.1 Å². The standard InChI is InChI=1S/C19H26N4OS/c1-19(2)13-23(10-8-15(19)20)12-16(24)22-17(18-21-9-11-25-18)14-6-4-3-5-7-14/h3-7,9,11,15,17H,8,10,12-13,20H2,1-2H3,(H,22,24). The predicted molar refractivity (Wildman–Crippen MR) is 101 cm³/mol. The van der Waals surface area contributed by atoms with E-state index in [-0.39, 0.29) is 23.4 Å². The third-order valence-electron chi connectivity index (χ3n) is 4.90. The molecule has 1 aliphatic heterocycles. The molecule has 0 saturated carbocycles. The number of amides is 1. The molecule has 1 aromatic heterocycles. The second kappa shape index (κ2) is 7.64. The van der Waals surface area contributed by atoms with Gasteiger partial charge >= 0.3 is 0 Å². The molecule has 2 aromatic rings. The Bertz CT molecular complexity index is 687. The van der Waals surface area contributed by atoms with Crippen LogP contribution in [-0.2, 0) is 4.79 Å². The van der Waals surface area contributed by atoms with Gasteiger partial charge in [-0.1, -0.05) is 44.2 Å². The Balaban J connectivity index is 1.67. The van der Waals surface area contributed by atoms with E-state index in [0.29, 0.717) is 6.54 Å². The van der Waals surface area contributed by atoms with Crippen molar-refractivity contribution in [3.8, 4) is 0 Å². The lowest BCUT2D eigenvalue weighted by atomic mass is 9.80. The van der Waals surface area contributed by atoms with Gasteiger partial charge < -0.3 is 11.1 Å². The van der Waals surface area contributed by atoms with E-state index >= 15 is 0 Å². The molecule has 5 nitrogen and oxygen atoms in total. The lowest BCUT2D eigenvalue weighted by molar-refractivity contribution is -0.123. The highest BCUT2D eigenvalue weighted by Gasteiger charge is 2.34. The Kier molecular flexibility index (Phi) is 5.51. The number of rotatable bonds is 5. The lowest BCUT2D eigenvalue weighted by Crippen LogP contribution is -2.54. The average Bonchev–Trinajstić information content (AvgIpc) is 3.11. The molecule has 0 spiro atoms. The molecule has 0 bridgehead atoms. The van der Waals surface area contributed by atoms with Crippen LogP contribution in [0.5, 0.6) is 0 Å². The van der Waals surface area contributed by atoms with Gasteiger partial charge in [0, 0.05) is 30.7 Å². The first kappa shape index (κ1) is 18.0. The topological polar surface area (TPSA) is 71.2 Å². The monoisotopic (exact) mass is 358 g/mol. The van der Waals surface area contributed by atoms with Crippen molar-refractivity contribution in [2.75, 3.05) is 19.6 Å². The molecule has 0 aliphatic carbocycles. The zero-order chi connectivity index (χ0) is 17.9. The van der Waals surface area contributed by atoms with Crippen LogP contribution in [0.15, 0.2) is 41.9 Å². The lowest BCUT2D eigenvalue weighted by Gasteiger charge is -2.42. The van der Waals surface area contributed by atoms with E-state index < -0.39 is 0 Å². The number of nitrogens with zero attached hydrogens (tertiary/aromatic N) is 2. The summed E-state index contributed by atoms with van der Waals surface area (Å²) in [5.41, 5.74) is 7.27. The molecule has 2 atom stereocenters. The van der Waals surface area contributed by atoms with Gasteiger partial charge in [-0.3, -0.25) is 9.69 Å². The number of hydrogen-bond acceptors (Lipinski definition) is 5. The van der Waals surface area contributed by atoms with Crippen LogP contribution in [0.4, 0.5) is 0 Å². The summed E-state index contributed by atoms with van der Waals surface area (Å²) in [5, 5.41) is 6.00. The van der Waals surface area contributed by atoms with Crippen LogP contribution in [-0.4, -0.2) is 41.5 Å². The Morgan fingerprint density at radius 2 is 2.20 bits per heavy atom. The van der Waals surface area contributed by atoms with E-state index in [9.17, 15) is 4.79 Å². The molecule has 1 aromatic carbocycles. The predicted octanol–water partition coefficient (Wildman–Crippen LogP) is 2.41. The van der Waals surface area contributed by atoms with Crippen molar-refractivity contribution in [3.05, 3.63) is 52.5 Å². The van der Waals surface area contributed by atoms with Crippen molar-refractivity contribution in [1.82, 2.24) is 15.2 Å². The summed E-state index contributed by atoms with van der Waals surface area (Å²) < 4.78 is 0. The van der Waals surface area contributed by atoms with Crippen molar-refractivity contribution < 1.29 is 4.79 Å². The summed E-state index contributed by atoms with van der Waals surface area (Å²) in [6.45, 7) is 6.44. The van der Waals surface area contributed by atoms with Gasteiger partial charge in [0.15, 0.2) is 0 Å². The first-order valence-corrected chi connectivity index (χ1v) is 9.55. The van der Waals surface area contributed by atoms with Gasteiger partial charge in [-0.05, 0) is 17.4 Å². The molecule has 3 rings (SSSR count). The second-order valence-corrected chi connectivity index (χ2v) is 8.30. The van der Waals surface area contributed by atoms with Crippen LogP contribution < -0.4 is 11.1 Å². The molecule has 134 valence electrons. The zero-order valence-electron chi connectivity index (χ0n) is 14.8. The Morgan fingerprint density at radius 1 is 1.44 bits per heavy atom. The van der Waals surface area contributed by atoms with Crippen molar-refractivity contribution in [2.45, 2.75) is 32.4 Å². The van der Waals surface area contributed by atoms with Crippen molar-refractivity contribution in [3.63, 3.8) is 0 Å². The Morgan fingerprint density at radius 3 is 2.84 bits per heavy atom. The number of likely N-dealkylation sites (tertiary alicyclic amines) is 1. The molecular formula is C19H26N4OS. The quantitative estimate of drug-likeness (QED) is 0.861. The van der Waals surface area contributed by atoms with Gasteiger partial charge in [-0.15, -0.1) is 11.3 Å². The van der Waals surface area contributed by atoms with Crippen LogP contribution in [0.25, 0.3) is 0 Å². The molecular weight excluding hydrogens is 332 g/mol. The number of aromatic nitrogens is 1. The summed E-state index contributed by atoms with van der Waals surface area (Å²) in [6.07, 6.45) is 2.70. The molecule has 1 aliphatic rings. The number of piperidine rings is 1. The summed E-state index contributed by atoms with van der Waals surface area (Å²) in [7, 11) is 0. The second-order valence-electron chi connectivity index (χ2n) is 7.38. The number of hydrogen-bond donors (Lipinski definition) is 2. The van der Waals surface area contributed by atoms with Crippen LogP contribution in [0, 0.1) is 5.41 Å². The fourth-order valence-corrected chi connectivity index (χ4v) is 4.05. The van der Waals surface area contributed by atoms with Crippen LogP contribution in [0.1, 0.15) is 36.9 Å². The van der Waals surface area contributed by atoms with E-state index in [2.05, 4.69) is 29.0 Å². The minimum absolute atomic E-state index is 0.0234. The minimum atomic E-state index is -0.200. The number of thiazole rings is 1.